The Hall–Kier alpha value is -1.14. The zero-order chi connectivity index (χ0) is 11.6. The summed E-state index contributed by atoms with van der Waals surface area (Å²) in [5.74, 6) is -1.57. The zero-order valence-electron chi connectivity index (χ0n) is 8.60. The highest BCUT2D eigenvalue weighted by molar-refractivity contribution is 6.00. The molecule has 1 fully saturated rings. The number of methoxy groups -OCH3 is 2. The fourth-order valence-corrected chi connectivity index (χ4v) is 1.88. The molecule has 86 valence electrons. The molecule has 1 aliphatic carbocycles. The smallest absolute Gasteiger partial charge is 0.323 e. The minimum Gasteiger partial charge on any atom is -0.468 e. The largest absolute Gasteiger partial charge is 0.468 e. The van der Waals surface area contributed by atoms with E-state index >= 15 is 0 Å². The third kappa shape index (κ3) is 1.82. The molecular formula is C9H14O6. The van der Waals surface area contributed by atoms with Crippen molar-refractivity contribution in [2.24, 2.45) is 5.41 Å². The van der Waals surface area contributed by atoms with Crippen molar-refractivity contribution in [3.63, 3.8) is 0 Å². The van der Waals surface area contributed by atoms with E-state index in [0.29, 0.717) is 0 Å². The van der Waals surface area contributed by atoms with Gasteiger partial charge in [0.05, 0.1) is 26.4 Å². The molecule has 0 bridgehead atoms. The Kier molecular flexibility index (Phi) is 3.31. The summed E-state index contributed by atoms with van der Waals surface area (Å²) < 4.78 is 8.99. The van der Waals surface area contributed by atoms with Crippen molar-refractivity contribution in [3.05, 3.63) is 0 Å². The van der Waals surface area contributed by atoms with Gasteiger partial charge in [-0.3, -0.25) is 9.59 Å². The molecule has 0 aromatic rings. The van der Waals surface area contributed by atoms with E-state index in [9.17, 15) is 19.8 Å². The Morgan fingerprint density at radius 3 is 1.67 bits per heavy atom. The highest BCUT2D eigenvalue weighted by Gasteiger charge is 2.56. The standard InChI is InChI=1S/C9H14O6/c1-14-7(12)9(8(13)15-2)3-5(10)6(11)4-9/h5-6,10-11H,3-4H2,1-2H3/t5-,6-/m1/s1. The fraction of sp³-hybridized carbons (Fsp3) is 0.778. The Bertz CT molecular complexity index is 246. The van der Waals surface area contributed by atoms with Gasteiger partial charge in [-0.25, -0.2) is 0 Å². The Labute approximate surface area is 86.8 Å². The summed E-state index contributed by atoms with van der Waals surface area (Å²) in [6.07, 6.45) is -2.56. The van der Waals surface area contributed by atoms with Crippen LogP contribution in [0.15, 0.2) is 0 Å². The van der Waals surface area contributed by atoms with Crippen LogP contribution in [0, 0.1) is 5.41 Å². The summed E-state index contributed by atoms with van der Waals surface area (Å²) >= 11 is 0. The lowest BCUT2D eigenvalue weighted by Crippen LogP contribution is -2.39. The molecule has 0 unspecified atom stereocenters. The summed E-state index contributed by atoms with van der Waals surface area (Å²) in [5, 5.41) is 18.7. The number of esters is 2. The SMILES string of the molecule is COC(=O)C1(C(=O)OC)C[C@@H](O)[C@H](O)C1. The quantitative estimate of drug-likeness (QED) is 0.448. The van der Waals surface area contributed by atoms with E-state index in [1.807, 2.05) is 0 Å². The lowest BCUT2D eigenvalue weighted by atomic mass is 9.86. The number of rotatable bonds is 2. The summed E-state index contributed by atoms with van der Waals surface area (Å²) in [5.41, 5.74) is -1.57. The number of hydrogen-bond acceptors (Lipinski definition) is 6. The minimum atomic E-state index is -1.57. The molecule has 0 radical (unpaired) electrons. The van der Waals surface area contributed by atoms with Gasteiger partial charge >= 0.3 is 11.9 Å². The van der Waals surface area contributed by atoms with Gasteiger partial charge in [0.2, 0.25) is 0 Å². The van der Waals surface area contributed by atoms with Gasteiger partial charge in [0.1, 0.15) is 0 Å². The van der Waals surface area contributed by atoms with E-state index in [-0.39, 0.29) is 12.8 Å². The molecular weight excluding hydrogens is 204 g/mol. The number of hydrogen-bond donors (Lipinski definition) is 2. The molecule has 0 aliphatic heterocycles. The summed E-state index contributed by atoms with van der Waals surface area (Å²) in [7, 11) is 2.29. The minimum absolute atomic E-state index is 0.173. The number of carbonyl (C=O) groups excluding carboxylic acids is 2. The van der Waals surface area contributed by atoms with Gasteiger partial charge in [-0.2, -0.15) is 0 Å². The predicted molar refractivity (Wildman–Crippen MR) is 47.7 cm³/mol. The van der Waals surface area contributed by atoms with Gasteiger partial charge in [-0.05, 0) is 0 Å². The van der Waals surface area contributed by atoms with Gasteiger partial charge in [0.25, 0.3) is 0 Å². The van der Waals surface area contributed by atoms with Crippen LogP contribution in [0.2, 0.25) is 0 Å². The van der Waals surface area contributed by atoms with Gasteiger partial charge < -0.3 is 19.7 Å². The second-order valence-corrected chi connectivity index (χ2v) is 3.61. The Morgan fingerprint density at radius 1 is 1.07 bits per heavy atom. The van der Waals surface area contributed by atoms with Crippen molar-refractivity contribution in [3.8, 4) is 0 Å². The second-order valence-electron chi connectivity index (χ2n) is 3.61. The molecule has 0 amide bonds. The molecule has 6 heteroatoms. The number of aliphatic hydroxyl groups is 2. The number of carbonyl (C=O) groups is 2. The first-order chi connectivity index (χ1) is 6.97. The molecule has 0 saturated heterocycles. The highest BCUT2D eigenvalue weighted by Crippen LogP contribution is 2.40. The lowest BCUT2D eigenvalue weighted by molar-refractivity contribution is -0.169. The van der Waals surface area contributed by atoms with Crippen LogP contribution in [0.25, 0.3) is 0 Å². The normalized spacial score (nSPS) is 28.5. The molecule has 2 N–H and O–H groups in total. The molecule has 1 rings (SSSR count). The summed E-state index contributed by atoms with van der Waals surface area (Å²) in [4.78, 5) is 23.0. The van der Waals surface area contributed by atoms with Crippen molar-refractivity contribution in [1.82, 2.24) is 0 Å². The van der Waals surface area contributed by atoms with Crippen LogP contribution in [0.4, 0.5) is 0 Å². The fourth-order valence-electron chi connectivity index (χ4n) is 1.88. The first kappa shape index (κ1) is 11.9. The molecule has 1 saturated carbocycles. The summed E-state index contributed by atoms with van der Waals surface area (Å²) in [6, 6.07) is 0. The topological polar surface area (TPSA) is 93.1 Å². The van der Waals surface area contributed by atoms with Crippen LogP contribution in [0.3, 0.4) is 0 Å². The molecule has 15 heavy (non-hydrogen) atoms. The van der Waals surface area contributed by atoms with Crippen LogP contribution in [0.5, 0.6) is 0 Å². The zero-order valence-corrected chi connectivity index (χ0v) is 8.60. The van der Waals surface area contributed by atoms with Crippen molar-refractivity contribution in [2.45, 2.75) is 25.0 Å². The first-order valence-corrected chi connectivity index (χ1v) is 4.51. The molecule has 1 aliphatic rings. The average Bonchev–Trinajstić information content (AvgIpc) is 2.54. The van der Waals surface area contributed by atoms with Crippen LogP contribution in [0.1, 0.15) is 12.8 Å². The van der Waals surface area contributed by atoms with E-state index in [1.54, 1.807) is 0 Å². The maximum atomic E-state index is 11.5. The Balaban J connectivity index is 2.99. The van der Waals surface area contributed by atoms with Gasteiger partial charge in [-0.1, -0.05) is 0 Å². The van der Waals surface area contributed by atoms with Crippen molar-refractivity contribution in [1.29, 1.82) is 0 Å². The number of ether oxygens (including phenoxy) is 2. The van der Waals surface area contributed by atoms with Gasteiger partial charge in [0, 0.05) is 12.8 Å². The first-order valence-electron chi connectivity index (χ1n) is 4.51. The molecule has 0 heterocycles. The van der Waals surface area contributed by atoms with Gasteiger partial charge in [0.15, 0.2) is 5.41 Å². The third-order valence-electron chi connectivity index (χ3n) is 2.71. The van der Waals surface area contributed by atoms with Crippen molar-refractivity contribution in [2.75, 3.05) is 14.2 Å². The molecule has 0 aromatic carbocycles. The van der Waals surface area contributed by atoms with Crippen LogP contribution in [-0.4, -0.2) is 48.6 Å². The molecule has 6 nitrogen and oxygen atoms in total. The molecule has 0 aromatic heterocycles. The monoisotopic (exact) mass is 218 g/mol. The maximum Gasteiger partial charge on any atom is 0.323 e. The van der Waals surface area contributed by atoms with Crippen molar-refractivity contribution < 1.29 is 29.3 Å². The molecule has 0 spiro atoms. The third-order valence-corrected chi connectivity index (χ3v) is 2.71. The van der Waals surface area contributed by atoms with Gasteiger partial charge in [-0.15, -0.1) is 0 Å². The van der Waals surface area contributed by atoms with Crippen molar-refractivity contribution >= 4 is 11.9 Å². The van der Waals surface area contributed by atoms with E-state index in [0.717, 1.165) is 14.2 Å². The van der Waals surface area contributed by atoms with Crippen LogP contribution >= 0.6 is 0 Å². The molecule has 2 atom stereocenters. The number of aliphatic hydroxyl groups excluding tert-OH is 2. The predicted octanol–water partition coefficient (Wildman–Crippen LogP) is -1.17. The van der Waals surface area contributed by atoms with E-state index in [2.05, 4.69) is 9.47 Å². The maximum absolute atomic E-state index is 11.5. The summed E-state index contributed by atoms with van der Waals surface area (Å²) in [6.45, 7) is 0. The van der Waals surface area contributed by atoms with E-state index in [4.69, 9.17) is 0 Å². The van der Waals surface area contributed by atoms with Crippen LogP contribution < -0.4 is 0 Å². The van der Waals surface area contributed by atoms with E-state index < -0.39 is 29.6 Å². The average molecular weight is 218 g/mol. The highest BCUT2D eigenvalue weighted by atomic mass is 16.5. The lowest BCUT2D eigenvalue weighted by Gasteiger charge is -2.22. The van der Waals surface area contributed by atoms with Crippen LogP contribution in [-0.2, 0) is 19.1 Å². The Morgan fingerprint density at radius 2 is 1.40 bits per heavy atom. The van der Waals surface area contributed by atoms with E-state index in [1.165, 1.54) is 0 Å². The second kappa shape index (κ2) is 4.16.